The maximum absolute atomic E-state index is 5.30. The van der Waals surface area contributed by atoms with Gasteiger partial charge in [0, 0.05) is 7.11 Å². The van der Waals surface area contributed by atoms with Crippen LogP contribution < -0.4 is 0 Å². The van der Waals surface area contributed by atoms with Gasteiger partial charge in [0.25, 0.3) is 0 Å². The summed E-state index contributed by atoms with van der Waals surface area (Å²) in [6.07, 6.45) is 11.6. The molecule has 0 heterocycles. The van der Waals surface area contributed by atoms with Gasteiger partial charge in [0.05, 0.1) is 5.60 Å². The van der Waals surface area contributed by atoms with Crippen LogP contribution in [-0.2, 0) is 4.74 Å². The first-order chi connectivity index (χ1) is 6.66. The molecule has 82 valence electrons. The molecule has 0 atom stereocenters. The zero-order chi connectivity index (χ0) is 10.4. The summed E-state index contributed by atoms with van der Waals surface area (Å²) >= 11 is 0. The van der Waals surface area contributed by atoms with Crippen LogP contribution in [0.2, 0.25) is 0 Å². The van der Waals surface area contributed by atoms with Crippen molar-refractivity contribution in [1.82, 2.24) is 0 Å². The first kappa shape index (κ1) is 11.8. The molecule has 0 aromatic heterocycles. The second kappa shape index (κ2) is 5.55. The molecule has 0 amide bonds. The molecule has 1 saturated carbocycles. The summed E-state index contributed by atoms with van der Waals surface area (Å²) in [6, 6.07) is 0. The monoisotopic (exact) mass is 196 g/mol. The summed E-state index contributed by atoms with van der Waals surface area (Å²) in [7, 11) is 1.81. The molecule has 0 aromatic carbocycles. The standard InChI is InChI=1S/C7H14O.C6H10/c1-7(8-2)5-3-4-6-7;1-6-4-2-3-5-6/h3-6H2,1-2H3;4H,2-3,5H2,1H3. The third-order valence-corrected chi connectivity index (χ3v) is 3.42. The molecule has 1 nitrogen and oxygen atoms in total. The fourth-order valence-electron chi connectivity index (χ4n) is 2.16. The first-order valence-electron chi connectivity index (χ1n) is 5.87. The smallest absolute Gasteiger partial charge is 0.0650 e. The Hall–Kier alpha value is -0.300. The van der Waals surface area contributed by atoms with Crippen molar-refractivity contribution in [1.29, 1.82) is 0 Å². The van der Waals surface area contributed by atoms with Crippen molar-refractivity contribution in [2.45, 2.75) is 64.4 Å². The van der Waals surface area contributed by atoms with Gasteiger partial charge in [-0.2, -0.15) is 0 Å². The first-order valence-corrected chi connectivity index (χ1v) is 5.87. The van der Waals surface area contributed by atoms with E-state index in [0.29, 0.717) is 0 Å². The fourth-order valence-corrected chi connectivity index (χ4v) is 2.16. The number of hydrogen-bond acceptors (Lipinski definition) is 1. The number of rotatable bonds is 1. The van der Waals surface area contributed by atoms with Crippen molar-refractivity contribution in [3.8, 4) is 0 Å². The maximum Gasteiger partial charge on any atom is 0.0650 e. The van der Waals surface area contributed by atoms with Crippen molar-refractivity contribution >= 4 is 0 Å². The minimum absolute atomic E-state index is 0.236. The second-order valence-electron chi connectivity index (χ2n) is 4.80. The van der Waals surface area contributed by atoms with Crippen LogP contribution >= 0.6 is 0 Å². The van der Waals surface area contributed by atoms with Crippen LogP contribution in [0.4, 0.5) is 0 Å². The van der Waals surface area contributed by atoms with Gasteiger partial charge in [0.1, 0.15) is 0 Å². The van der Waals surface area contributed by atoms with E-state index in [1.807, 2.05) is 7.11 Å². The average molecular weight is 196 g/mol. The number of allylic oxidation sites excluding steroid dienone is 2. The zero-order valence-corrected chi connectivity index (χ0v) is 9.94. The molecule has 0 bridgehead atoms. The van der Waals surface area contributed by atoms with Gasteiger partial charge < -0.3 is 4.74 Å². The van der Waals surface area contributed by atoms with Gasteiger partial charge in [-0.05, 0) is 46.0 Å². The Kier molecular flexibility index (Phi) is 4.67. The molecular weight excluding hydrogens is 172 g/mol. The Bertz CT molecular complexity index is 187. The van der Waals surface area contributed by atoms with Gasteiger partial charge >= 0.3 is 0 Å². The largest absolute Gasteiger partial charge is 0.379 e. The predicted molar refractivity (Wildman–Crippen MR) is 61.5 cm³/mol. The Morgan fingerprint density at radius 3 is 2.07 bits per heavy atom. The van der Waals surface area contributed by atoms with E-state index in [4.69, 9.17) is 4.74 Å². The van der Waals surface area contributed by atoms with E-state index in [2.05, 4.69) is 19.9 Å². The van der Waals surface area contributed by atoms with Crippen LogP contribution in [0.1, 0.15) is 58.8 Å². The Morgan fingerprint density at radius 2 is 1.86 bits per heavy atom. The summed E-state index contributed by atoms with van der Waals surface area (Å²) in [5.41, 5.74) is 1.81. The van der Waals surface area contributed by atoms with Gasteiger partial charge in [-0.15, -0.1) is 0 Å². The van der Waals surface area contributed by atoms with Crippen molar-refractivity contribution in [2.24, 2.45) is 0 Å². The highest BCUT2D eigenvalue weighted by atomic mass is 16.5. The van der Waals surface area contributed by atoms with Gasteiger partial charge in [0.2, 0.25) is 0 Å². The van der Waals surface area contributed by atoms with Gasteiger partial charge in [-0.25, -0.2) is 0 Å². The van der Waals surface area contributed by atoms with E-state index in [0.717, 1.165) is 0 Å². The molecule has 14 heavy (non-hydrogen) atoms. The molecule has 0 N–H and O–H groups in total. The summed E-state index contributed by atoms with van der Waals surface area (Å²) in [6.45, 7) is 4.40. The van der Waals surface area contributed by atoms with Crippen molar-refractivity contribution < 1.29 is 4.74 Å². The SMILES string of the molecule is CC1=CCCC1.COC1(C)CCCC1. The molecule has 2 aliphatic carbocycles. The van der Waals surface area contributed by atoms with Crippen molar-refractivity contribution in [3.63, 3.8) is 0 Å². The van der Waals surface area contributed by atoms with Crippen LogP contribution in [0.15, 0.2) is 11.6 Å². The predicted octanol–water partition coefficient (Wildman–Crippen LogP) is 4.08. The molecule has 1 heteroatoms. The van der Waals surface area contributed by atoms with E-state index in [-0.39, 0.29) is 5.60 Å². The summed E-state index contributed by atoms with van der Waals surface area (Å²) in [4.78, 5) is 0. The molecule has 0 aromatic rings. The lowest BCUT2D eigenvalue weighted by molar-refractivity contribution is 0.0126. The highest BCUT2D eigenvalue weighted by Gasteiger charge is 2.27. The molecular formula is C13H24O. The Balaban J connectivity index is 0.000000146. The van der Waals surface area contributed by atoms with Crippen LogP contribution in [0.25, 0.3) is 0 Å². The molecule has 2 aliphatic rings. The van der Waals surface area contributed by atoms with Crippen LogP contribution in [0.5, 0.6) is 0 Å². The molecule has 0 unspecified atom stereocenters. The molecule has 0 radical (unpaired) electrons. The summed E-state index contributed by atoms with van der Waals surface area (Å²) in [5, 5.41) is 0. The highest BCUT2D eigenvalue weighted by molar-refractivity contribution is 5.02. The molecule has 1 fully saturated rings. The average Bonchev–Trinajstić information content (AvgIpc) is 2.79. The van der Waals surface area contributed by atoms with Crippen LogP contribution in [-0.4, -0.2) is 12.7 Å². The zero-order valence-electron chi connectivity index (χ0n) is 9.94. The van der Waals surface area contributed by atoms with Crippen LogP contribution in [0, 0.1) is 0 Å². The molecule has 0 spiro atoms. The summed E-state index contributed by atoms with van der Waals surface area (Å²) in [5.74, 6) is 0. The van der Waals surface area contributed by atoms with E-state index in [1.54, 1.807) is 5.57 Å². The number of ether oxygens (including phenoxy) is 1. The van der Waals surface area contributed by atoms with Crippen LogP contribution in [0.3, 0.4) is 0 Å². The van der Waals surface area contributed by atoms with E-state index < -0.39 is 0 Å². The lowest BCUT2D eigenvalue weighted by Crippen LogP contribution is -2.21. The van der Waals surface area contributed by atoms with E-state index in [9.17, 15) is 0 Å². The fraction of sp³-hybridized carbons (Fsp3) is 0.846. The van der Waals surface area contributed by atoms with E-state index in [1.165, 1.54) is 44.9 Å². The molecule has 0 saturated heterocycles. The Morgan fingerprint density at radius 1 is 1.21 bits per heavy atom. The Labute approximate surface area is 88.5 Å². The lowest BCUT2D eigenvalue weighted by Gasteiger charge is -2.20. The summed E-state index contributed by atoms with van der Waals surface area (Å²) < 4.78 is 5.30. The van der Waals surface area contributed by atoms with Gasteiger partial charge in [-0.3, -0.25) is 0 Å². The minimum Gasteiger partial charge on any atom is -0.379 e. The number of methoxy groups -OCH3 is 1. The third-order valence-electron chi connectivity index (χ3n) is 3.42. The quantitative estimate of drug-likeness (QED) is 0.574. The second-order valence-corrected chi connectivity index (χ2v) is 4.80. The normalized spacial score (nSPS) is 24.1. The minimum atomic E-state index is 0.236. The number of hydrogen-bond donors (Lipinski definition) is 0. The highest BCUT2D eigenvalue weighted by Crippen LogP contribution is 2.31. The third kappa shape index (κ3) is 3.83. The van der Waals surface area contributed by atoms with Gasteiger partial charge in [-0.1, -0.05) is 24.5 Å². The maximum atomic E-state index is 5.30. The van der Waals surface area contributed by atoms with Crippen molar-refractivity contribution in [3.05, 3.63) is 11.6 Å². The molecule has 2 rings (SSSR count). The van der Waals surface area contributed by atoms with E-state index >= 15 is 0 Å². The van der Waals surface area contributed by atoms with Gasteiger partial charge in [0.15, 0.2) is 0 Å². The topological polar surface area (TPSA) is 9.23 Å². The van der Waals surface area contributed by atoms with Crippen molar-refractivity contribution in [2.75, 3.05) is 7.11 Å². The lowest BCUT2D eigenvalue weighted by atomic mass is 10.1. The molecule has 0 aliphatic heterocycles.